The number of nitrogens with two attached hydrogens (primary N) is 1. The van der Waals surface area contributed by atoms with Crippen LogP contribution in [0.5, 0.6) is 0 Å². The first kappa shape index (κ1) is 13.3. The molecule has 0 bridgehead atoms. The van der Waals surface area contributed by atoms with Gasteiger partial charge < -0.3 is 5.73 Å². The molecule has 4 aromatic heterocycles. The fourth-order valence-corrected chi connectivity index (χ4v) is 5.91. The van der Waals surface area contributed by atoms with Gasteiger partial charge in [0.2, 0.25) is 0 Å². The van der Waals surface area contributed by atoms with E-state index in [9.17, 15) is 0 Å². The Kier molecular flexibility index (Phi) is 3.43. The first-order valence-corrected chi connectivity index (χ1v) is 9.72. The Labute approximate surface area is 139 Å². The summed E-state index contributed by atoms with van der Waals surface area (Å²) in [5.41, 5.74) is 5.82. The number of hydrogen-bond acceptors (Lipinski definition) is 5. The lowest BCUT2D eigenvalue weighted by molar-refractivity contribution is 1.89. The van der Waals surface area contributed by atoms with Crippen LogP contribution in [-0.4, -0.2) is 0 Å². The van der Waals surface area contributed by atoms with Crippen LogP contribution in [0.2, 0.25) is 0 Å². The van der Waals surface area contributed by atoms with Crippen molar-refractivity contribution in [2.45, 2.75) is 0 Å². The minimum atomic E-state index is 0.871. The monoisotopic (exact) mass is 345 g/mol. The molecule has 0 aliphatic rings. The van der Waals surface area contributed by atoms with Crippen molar-refractivity contribution < 1.29 is 0 Å². The molecule has 1 nitrogen and oxygen atoms in total. The predicted octanol–water partition coefficient (Wildman–Crippen LogP) is 6.52. The smallest absolute Gasteiger partial charge is 0.0863 e. The Bertz CT molecular complexity index is 864. The van der Waals surface area contributed by atoms with E-state index in [1.807, 2.05) is 28.7 Å². The molecule has 0 atom stereocenters. The van der Waals surface area contributed by atoms with Crippen LogP contribution in [0.1, 0.15) is 0 Å². The summed E-state index contributed by atoms with van der Waals surface area (Å²) in [5.74, 6) is 0. The standard InChI is InChI=1S/C16H11NS4/c17-16-8-7-15(21-16)14-6-5-13(20-14)12-4-3-11(19-12)10-2-1-9-18-10/h1-9H,17H2. The van der Waals surface area contributed by atoms with Gasteiger partial charge in [-0.15, -0.1) is 45.3 Å². The Morgan fingerprint density at radius 2 is 1.10 bits per heavy atom. The van der Waals surface area contributed by atoms with E-state index in [2.05, 4.69) is 47.8 Å². The minimum Gasteiger partial charge on any atom is -0.391 e. The summed E-state index contributed by atoms with van der Waals surface area (Å²) >= 11 is 7.13. The molecule has 0 aliphatic carbocycles. The van der Waals surface area contributed by atoms with Gasteiger partial charge in [-0.1, -0.05) is 6.07 Å². The van der Waals surface area contributed by atoms with E-state index in [4.69, 9.17) is 5.73 Å². The molecule has 4 rings (SSSR count). The summed E-state index contributed by atoms with van der Waals surface area (Å²) in [6.45, 7) is 0. The lowest BCUT2D eigenvalue weighted by atomic mass is 10.3. The van der Waals surface area contributed by atoms with Crippen LogP contribution in [-0.2, 0) is 0 Å². The lowest BCUT2D eigenvalue weighted by Crippen LogP contribution is -1.72. The van der Waals surface area contributed by atoms with Gasteiger partial charge >= 0.3 is 0 Å². The van der Waals surface area contributed by atoms with Crippen molar-refractivity contribution in [1.29, 1.82) is 0 Å². The van der Waals surface area contributed by atoms with Crippen molar-refractivity contribution >= 4 is 50.3 Å². The van der Waals surface area contributed by atoms with Gasteiger partial charge in [-0.3, -0.25) is 0 Å². The molecule has 0 aliphatic heterocycles. The van der Waals surface area contributed by atoms with Gasteiger partial charge in [-0.05, 0) is 47.8 Å². The second-order valence-electron chi connectivity index (χ2n) is 4.51. The van der Waals surface area contributed by atoms with Crippen LogP contribution in [0.25, 0.3) is 29.3 Å². The van der Waals surface area contributed by atoms with Crippen LogP contribution >= 0.6 is 45.3 Å². The molecule has 2 N–H and O–H groups in total. The summed E-state index contributed by atoms with van der Waals surface area (Å²) < 4.78 is 0. The fourth-order valence-electron chi connectivity index (χ4n) is 2.11. The van der Waals surface area contributed by atoms with Crippen molar-refractivity contribution in [3.05, 3.63) is 53.9 Å². The van der Waals surface area contributed by atoms with Gasteiger partial charge in [0, 0.05) is 29.3 Å². The van der Waals surface area contributed by atoms with Crippen molar-refractivity contribution in [2.24, 2.45) is 0 Å². The molecule has 0 fully saturated rings. The van der Waals surface area contributed by atoms with Gasteiger partial charge in [0.1, 0.15) is 0 Å². The quantitative estimate of drug-likeness (QED) is 0.449. The Morgan fingerprint density at radius 3 is 1.57 bits per heavy atom. The first-order valence-electron chi connectivity index (χ1n) is 6.39. The minimum absolute atomic E-state index is 0.871. The van der Waals surface area contributed by atoms with E-state index in [-0.39, 0.29) is 0 Å². The molecule has 0 unspecified atom stereocenters. The second-order valence-corrected chi connectivity index (χ2v) is 8.74. The maximum atomic E-state index is 5.82. The molecule has 4 heterocycles. The fraction of sp³-hybridized carbons (Fsp3) is 0. The van der Waals surface area contributed by atoms with Gasteiger partial charge in [0.25, 0.3) is 0 Å². The third kappa shape index (κ3) is 2.58. The molecule has 4 aromatic rings. The van der Waals surface area contributed by atoms with Crippen LogP contribution < -0.4 is 5.73 Å². The summed E-state index contributed by atoms with van der Waals surface area (Å²) in [7, 11) is 0. The Balaban J connectivity index is 1.67. The summed E-state index contributed by atoms with van der Waals surface area (Å²) in [6, 6.07) is 17.2. The highest BCUT2D eigenvalue weighted by Gasteiger charge is 2.10. The van der Waals surface area contributed by atoms with E-state index in [0.29, 0.717) is 0 Å². The molecule has 0 radical (unpaired) electrons. The van der Waals surface area contributed by atoms with Crippen LogP contribution in [0, 0.1) is 0 Å². The average Bonchev–Trinajstić information content (AvgIpc) is 3.25. The van der Waals surface area contributed by atoms with Crippen molar-refractivity contribution in [1.82, 2.24) is 0 Å². The topological polar surface area (TPSA) is 26.0 Å². The molecule has 5 heteroatoms. The molecular weight excluding hydrogens is 334 g/mol. The molecular formula is C16H11NS4. The highest BCUT2D eigenvalue weighted by molar-refractivity contribution is 7.28. The maximum absolute atomic E-state index is 5.82. The van der Waals surface area contributed by atoms with Crippen LogP contribution in [0.4, 0.5) is 5.00 Å². The molecule has 0 spiro atoms. The lowest BCUT2D eigenvalue weighted by Gasteiger charge is -1.91. The Hall–Kier alpha value is -1.40. The van der Waals surface area contributed by atoms with E-state index in [1.165, 1.54) is 29.3 Å². The van der Waals surface area contributed by atoms with E-state index in [0.717, 1.165) is 5.00 Å². The first-order chi connectivity index (χ1) is 10.3. The summed E-state index contributed by atoms with van der Waals surface area (Å²) in [5, 5.41) is 3.00. The number of hydrogen-bond donors (Lipinski definition) is 1. The number of thiophene rings is 4. The number of rotatable bonds is 3. The molecule has 0 aromatic carbocycles. The van der Waals surface area contributed by atoms with Gasteiger partial charge in [-0.2, -0.15) is 0 Å². The molecule has 104 valence electrons. The van der Waals surface area contributed by atoms with Gasteiger partial charge in [-0.25, -0.2) is 0 Å². The van der Waals surface area contributed by atoms with Crippen molar-refractivity contribution in [3.8, 4) is 29.3 Å². The normalized spacial score (nSPS) is 11.0. The predicted molar refractivity (Wildman–Crippen MR) is 98.7 cm³/mol. The SMILES string of the molecule is Nc1ccc(-c2ccc(-c3ccc(-c4cccs4)s3)s2)s1. The highest BCUT2D eigenvalue weighted by atomic mass is 32.1. The van der Waals surface area contributed by atoms with Gasteiger partial charge in [0.05, 0.1) is 5.00 Å². The zero-order chi connectivity index (χ0) is 14.2. The summed E-state index contributed by atoms with van der Waals surface area (Å²) in [4.78, 5) is 7.88. The maximum Gasteiger partial charge on any atom is 0.0863 e. The average molecular weight is 346 g/mol. The van der Waals surface area contributed by atoms with E-state index < -0.39 is 0 Å². The van der Waals surface area contributed by atoms with Crippen LogP contribution in [0.3, 0.4) is 0 Å². The van der Waals surface area contributed by atoms with E-state index in [1.54, 1.807) is 22.7 Å². The Morgan fingerprint density at radius 1 is 0.571 bits per heavy atom. The zero-order valence-corrected chi connectivity index (χ0v) is 14.2. The van der Waals surface area contributed by atoms with Crippen molar-refractivity contribution in [3.63, 3.8) is 0 Å². The van der Waals surface area contributed by atoms with Crippen LogP contribution in [0.15, 0.2) is 53.9 Å². The number of anilines is 1. The molecule has 0 saturated carbocycles. The molecule has 0 amide bonds. The van der Waals surface area contributed by atoms with Gasteiger partial charge in [0.15, 0.2) is 0 Å². The summed E-state index contributed by atoms with van der Waals surface area (Å²) in [6.07, 6.45) is 0. The largest absolute Gasteiger partial charge is 0.391 e. The zero-order valence-electron chi connectivity index (χ0n) is 10.9. The van der Waals surface area contributed by atoms with Crippen molar-refractivity contribution in [2.75, 3.05) is 5.73 Å². The third-order valence-electron chi connectivity index (χ3n) is 3.09. The molecule has 0 saturated heterocycles. The number of nitrogen functional groups attached to an aromatic ring is 1. The molecule has 21 heavy (non-hydrogen) atoms. The van der Waals surface area contributed by atoms with E-state index >= 15 is 0 Å². The highest BCUT2D eigenvalue weighted by Crippen LogP contribution is 2.42. The third-order valence-corrected chi connectivity index (χ3v) is 7.63. The second kappa shape index (κ2) is 5.42.